The minimum Gasteiger partial charge on any atom is -0.496 e. The molecule has 0 saturated carbocycles. The number of hydrogen-bond acceptors (Lipinski definition) is 3. The Morgan fingerprint density at radius 3 is 2.75 bits per heavy atom. The highest BCUT2D eigenvalue weighted by Crippen LogP contribution is 2.29. The van der Waals surface area contributed by atoms with E-state index in [-0.39, 0.29) is 12.1 Å². The van der Waals surface area contributed by atoms with Crippen molar-refractivity contribution in [2.24, 2.45) is 0 Å². The highest BCUT2D eigenvalue weighted by molar-refractivity contribution is 6.31. The van der Waals surface area contributed by atoms with Gasteiger partial charge in [0.15, 0.2) is 0 Å². The monoisotopic (exact) mass is 409 g/mol. The summed E-state index contributed by atoms with van der Waals surface area (Å²) in [6, 6.07) is 9.65. The summed E-state index contributed by atoms with van der Waals surface area (Å²) in [7, 11) is 1.44. The van der Waals surface area contributed by atoms with E-state index in [4.69, 9.17) is 16.3 Å². The van der Waals surface area contributed by atoms with Crippen LogP contribution in [0.2, 0.25) is 5.02 Å². The fourth-order valence-electron chi connectivity index (χ4n) is 2.60. The molecule has 146 valence electrons. The highest BCUT2D eigenvalue weighted by Gasteiger charge is 2.30. The summed E-state index contributed by atoms with van der Waals surface area (Å²) in [6.07, 6.45) is -1.48. The lowest BCUT2D eigenvalue weighted by Gasteiger charge is -2.09. The maximum Gasteiger partial charge on any atom is 0.416 e. The zero-order valence-electron chi connectivity index (χ0n) is 14.6. The van der Waals surface area contributed by atoms with Crippen molar-refractivity contribution in [3.63, 3.8) is 0 Å². The van der Waals surface area contributed by atoms with Gasteiger partial charge in [-0.1, -0.05) is 23.7 Å². The molecule has 0 saturated heterocycles. The van der Waals surface area contributed by atoms with Gasteiger partial charge in [0.2, 0.25) is 0 Å². The van der Waals surface area contributed by atoms with Crippen molar-refractivity contribution in [3.8, 4) is 5.75 Å². The Morgan fingerprint density at radius 2 is 2.04 bits per heavy atom. The summed E-state index contributed by atoms with van der Waals surface area (Å²) < 4.78 is 45.0. The average molecular weight is 410 g/mol. The number of carbonyl (C=O) groups is 1. The third-order valence-electron chi connectivity index (χ3n) is 3.90. The number of carbonyl (C=O) groups excluding carboxylic acids is 1. The second-order valence-corrected chi connectivity index (χ2v) is 6.36. The Kier molecular flexibility index (Phi) is 5.60. The molecule has 0 spiro atoms. The summed E-state index contributed by atoms with van der Waals surface area (Å²) in [5.74, 6) is -0.0868. The van der Waals surface area contributed by atoms with E-state index in [0.29, 0.717) is 22.0 Å². The molecule has 0 fully saturated rings. The van der Waals surface area contributed by atoms with Gasteiger partial charge in [-0.3, -0.25) is 9.48 Å². The van der Waals surface area contributed by atoms with Gasteiger partial charge in [0.25, 0.3) is 5.91 Å². The van der Waals surface area contributed by atoms with Crippen LogP contribution in [0.3, 0.4) is 0 Å². The van der Waals surface area contributed by atoms with Gasteiger partial charge in [0.05, 0.1) is 36.7 Å². The molecule has 1 amide bonds. The van der Waals surface area contributed by atoms with Crippen molar-refractivity contribution >= 4 is 23.2 Å². The molecule has 0 unspecified atom stereocenters. The number of benzene rings is 2. The smallest absolute Gasteiger partial charge is 0.416 e. The van der Waals surface area contributed by atoms with Gasteiger partial charge in [-0.05, 0) is 35.9 Å². The maximum absolute atomic E-state index is 12.8. The molecular formula is C19H15ClF3N3O2. The lowest BCUT2D eigenvalue weighted by Crippen LogP contribution is -2.13. The number of halogens is 4. The maximum atomic E-state index is 12.8. The van der Waals surface area contributed by atoms with Crippen molar-refractivity contribution in [1.82, 2.24) is 9.78 Å². The molecule has 28 heavy (non-hydrogen) atoms. The van der Waals surface area contributed by atoms with Gasteiger partial charge >= 0.3 is 6.18 Å². The van der Waals surface area contributed by atoms with Gasteiger partial charge in [-0.15, -0.1) is 0 Å². The van der Waals surface area contributed by atoms with Crippen LogP contribution in [0, 0.1) is 0 Å². The molecule has 9 heteroatoms. The summed E-state index contributed by atoms with van der Waals surface area (Å²) in [5, 5.41) is 7.12. The SMILES string of the molecule is COc1ccc(Cl)cc1C(=O)Nc1cnn(Cc2cccc(C(F)(F)F)c2)c1. The minimum atomic E-state index is -4.41. The standard InChI is InChI=1S/C19H15ClF3N3O2/c1-28-17-6-5-14(20)8-16(17)18(27)25-15-9-24-26(11-15)10-12-3-2-4-13(7-12)19(21,22)23/h2-9,11H,10H2,1H3,(H,25,27). The largest absolute Gasteiger partial charge is 0.496 e. The average Bonchev–Trinajstić information content (AvgIpc) is 3.08. The molecule has 0 radical (unpaired) electrons. The normalized spacial score (nSPS) is 11.3. The van der Waals surface area contributed by atoms with Crippen molar-refractivity contribution in [2.45, 2.75) is 12.7 Å². The van der Waals surface area contributed by atoms with Crippen LogP contribution in [0.5, 0.6) is 5.75 Å². The number of rotatable bonds is 5. The first-order chi connectivity index (χ1) is 13.3. The van der Waals surface area contributed by atoms with Crippen LogP contribution in [0.1, 0.15) is 21.5 Å². The minimum absolute atomic E-state index is 0.125. The highest BCUT2D eigenvalue weighted by atomic mass is 35.5. The molecule has 0 bridgehead atoms. The Hall–Kier alpha value is -3.00. The number of amides is 1. The number of ether oxygens (including phenoxy) is 1. The first-order valence-corrected chi connectivity index (χ1v) is 8.47. The lowest BCUT2D eigenvalue weighted by atomic mass is 10.1. The molecule has 0 aliphatic heterocycles. The topological polar surface area (TPSA) is 56.1 Å². The predicted octanol–water partition coefficient (Wildman–Crippen LogP) is 4.86. The Balaban J connectivity index is 1.73. The first-order valence-electron chi connectivity index (χ1n) is 8.10. The third kappa shape index (κ3) is 4.64. The third-order valence-corrected chi connectivity index (χ3v) is 4.13. The van der Waals surface area contributed by atoms with Crippen molar-refractivity contribution in [3.05, 3.63) is 76.6 Å². The number of methoxy groups -OCH3 is 1. The molecule has 5 nitrogen and oxygen atoms in total. The number of alkyl halides is 3. The van der Waals surface area contributed by atoms with Crippen molar-refractivity contribution in [2.75, 3.05) is 12.4 Å². The summed E-state index contributed by atoms with van der Waals surface area (Å²) in [4.78, 5) is 12.5. The van der Waals surface area contributed by atoms with Crippen molar-refractivity contribution in [1.29, 1.82) is 0 Å². The van der Waals surface area contributed by atoms with E-state index in [1.165, 1.54) is 36.3 Å². The van der Waals surface area contributed by atoms with E-state index < -0.39 is 17.6 Å². The van der Waals surface area contributed by atoms with E-state index in [1.807, 2.05) is 0 Å². The summed E-state index contributed by atoms with van der Waals surface area (Å²) in [6.45, 7) is 0.125. The van der Waals surface area contributed by atoms with E-state index >= 15 is 0 Å². The van der Waals surface area contributed by atoms with Gasteiger partial charge in [-0.25, -0.2) is 0 Å². The molecule has 1 N–H and O–H groups in total. The van der Waals surface area contributed by atoms with Gasteiger partial charge in [-0.2, -0.15) is 18.3 Å². The molecule has 0 aliphatic carbocycles. The van der Waals surface area contributed by atoms with Crippen LogP contribution < -0.4 is 10.1 Å². The van der Waals surface area contributed by atoms with Crippen LogP contribution in [-0.4, -0.2) is 22.8 Å². The summed E-state index contributed by atoms with van der Waals surface area (Å²) >= 11 is 5.93. The second-order valence-electron chi connectivity index (χ2n) is 5.92. The van der Waals surface area contributed by atoms with Gasteiger partial charge in [0, 0.05) is 11.2 Å². The first kappa shape index (κ1) is 19.8. The van der Waals surface area contributed by atoms with Crippen LogP contribution in [0.15, 0.2) is 54.9 Å². The number of nitrogens with one attached hydrogen (secondary N) is 1. The Morgan fingerprint density at radius 1 is 1.25 bits per heavy atom. The molecule has 2 aromatic carbocycles. The molecule has 1 heterocycles. The molecule has 3 rings (SSSR count). The lowest BCUT2D eigenvalue weighted by molar-refractivity contribution is -0.137. The zero-order valence-corrected chi connectivity index (χ0v) is 15.4. The van der Waals surface area contributed by atoms with E-state index in [9.17, 15) is 18.0 Å². The molecular weight excluding hydrogens is 395 g/mol. The second kappa shape index (κ2) is 7.93. The van der Waals surface area contributed by atoms with Crippen molar-refractivity contribution < 1.29 is 22.7 Å². The summed E-state index contributed by atoms with van der Waals surface area (Å²) in [5.41, 5.74) is 0.352. The zero-order chi connectivity index (χ0) is 20.3. The number of hydrogen-bond donors (Lipinski definition) is 1. The predicted molar refractivity (Wildman–Crippen MR) is 98.7 cm³/mol. The van der Waals surface area contributed by atoms with E-state index in [1.54, 1.807) is 18.2 Å². The quantitative estimate of drug-likeness (QED) is 0.654. The molecule has 0 aliphatic rings. The van der Waals surface area contributed by atoms with Crippen LogP contribution in [0.25, 0.3) is 0 Å². The molecule has 3 aromatic rings. The number of anilines is 1. The number of aromatic nitrogens is 2. The Bertz CT molecular complexity index is 1000. The van der Waals surface area contributed by atoms with Gasteiger partial charge in [0.1, 0.15) is 5.75 Å². The van der Waals surface area contributed by atoms with Crippen LogP contribution in [0.4, 0.5) is 18.9 Å². The van der Waals surface area contributed by atoms with Crippen LogP contribution in [-0.2, 0) is 12.7 Å². The fourth-order valence-corrected chi connectivity index (χ4v) is 2.78. The Labute approximate surface area is 163 Å². The van der Waals surface area contributed by atoms with Gasteiger partial charge < -0.3 is 10.1 Å². The fraction of sp³-hybridized carbons (Fsp3) is 0.158. The number of nitrogens with zero attached hydrogens (tertiary/aromatic N) is 2. The van der Waals surface area contributed by atoms with E-state index in [2.05, 4.69) is 10.4 Å². The van der Waals surface area contributed by atoms with E-state index in [0.717, 1.165) is 12.1 Å². The van der Waals surface area contributed by atoms with Crippen LogP contribution >= 0.6 is 11.6 Å². The molecule has 0 atom stereocenters. The molecule has 1 aromatic heterocycles.